The molecule has 0 radical (unpaired) electrons. The van der Waals surface area contributed by atoms with Crippen LogP contribution in [0, 0.1) is 11.8 Å². The maximum atomic E-state index is 12.6. The number of nitrogens with one attached hydrogen (secondary N) is 1. The fraction of sp³-hybridized carbons (Fsp3) is 0.632. The Labute approximate surface area is 174 Å². The van der Waals surface area contributed by atoms with Gasteiger partial charge in [0.25, 0.3) is 0 Å². The van der Waals surface area contributed by atoms with Gasteiger partial charge in [0.2, 0.25) is 5.91 Å². The van der Waals surface area contributed by atoms with Crippen LogP contribution in [-0.2, 0) is 11.3 Å². The molecule has 2 aliphatic rings. The quantitative estimate of drug-likeness (QED) is 0.764. The first kappa shape index (κ1) is 23.8. The minimum Gasteiger partial charge on any atom is -0.497 e. The van der Waals surface area contributed by atoms with Crippen LogP contribution in [0.15, 0.2) is 18.2 Å². The smallest absolute Gasteiger partial charge is 0.225 e. The Kier molecular flexibility index (Phi) is 9.67. The Morgan fingerprint density at radius 1 is 1.15 bits per heavy atom. The molecule has 1 unspecified atom stereocenters. The van der Waals surface area contributed by atoms with Gasteiger partial charge in [-0.2, -0.15) is 0 Å². The Hall–Kier alpha value is -1.21. The van der Waals surface area contributed by atoms with Crippen molar-refractivity contribution in [3.05, 3.63) is 23.8 Å². The molecule has 0 aromatic heterocycles. The average Bonchev–Trinajstić information content (AvgIpc) is 2.60. The van der Waals surface area contributed by atoms with Gasteiger partial charge in [-0.3, -0.25) is 9.69 Å². The minimum atomic E-state index is 0. The van der Waals surface area contributed by atoms with Crippen molar-refractivity contribution in [3.8, 4) is 11.5 Å². The van der Waals surface area contributed by atoms with Gasteiger partial charge in [0.05, 0.1) is 14.2 Å². The van der Waals surface area contributed by atoms with Crippen molar-refractivity contribution < 1.29 is 14.3 Å². The van der Waals surface area contributed by atoms with Crippen LogP contribution in [0.2, 0.25) is 0 Å². The van der Waals surface area contributed by atoms with Crippen LogP contribution in [0.5, 0.6) is 11.5 Å². The molecule has 0 aliphatic carbocycles. The number of benzene rings is 1. The molecule has 8 heteroatoms. The number of amides is 1. The topological polar surface area (TPSA) is 54.0 Å². The highest BCUT2D eigenvalue weighted by molar-refractivity contribution is 5.85. The molecule has 6 nitrogen and oxygen atoms in total. The van der Waals surface area contributed by atoms with Gasteiger partial charge < -0.3 is 19.7 Å². The number of hydrogen-bond donors (Lipinski definition) is 1. The third kappa shape index (κ3) is 5.64. The summed E-state index contributed by atoms with van der Waals surface area (Å²) in [5.41, 5.74) is 1.12. The van der Waals surface area contributed by atoms with Gasteiger partial charge in [-0.15, -0.1) is 24.8 Å². The van der Waals surface area contributed by atoms with E-state index in [0.29, 0.717) is 11.8 Å². The molecular weight excluding hydrogens is 389 g/mol. The van der Waals surface area contributed by atoms with Crippen LogP contribution in [0.4, 0.5) is 0 Å². The van der Waals surface area contributed by atoms with Gasteiger partial charge in [0, 0.05) is 44.2 Å². The second-order valence-electron chi connectivity index (χ2n) is 6.99. The molecule has 1 N–H and O–H groups in total. The molecule has 2 heterocycles. The molecule has 2 fully saturated rings. The summed E-state index contributed by atoms with van der Waals surface area (Å²) < 4.78 is 10.8. The lowest BCUT2D eigenvalue weighted by atomic mass is 9.88. The zero-order valence-corrected chi connectivity index (χ0v) is 17.9. The van der Waals surface area contributed by atoms with E-state index < -0.39 is 0 Å². The van der Waals surface area contributed by atoms with Crippen LogP contribution < -0.4 is 14.8 Å². The van der Waals surface area contributed by atoms with Crippen LogP contribution in [0.25, 0.3) is 0 Å². The van der Waals surface area contributed by atoms with E-state index in [4.69, 9.17) is 9.47 Å². The summed E-state index contributed by atoms with van der Waals surface area (Å²) in [6.07, 6.45) is 0. The summed E-state index contributed by atoms with van der Waals surface area (Å²) >= 11 is 0. The Balaban J connectivity index is 0.00000182. The van der Waals surface area contributed by atoms with Crippen molar-refractivity contribution in [1.82, 2.24) is 15.1 Å². The molecule has 1 amide bonds. The summed E-state index contributed by atoms with van der Waals surface area (Å²) in [6, 6.07) is 5.89. The first-order valence-corrected chi connectivity index (χ1v) is 9.05. The van der Waals surface area contributed by atoms with E-state index >= 15 is 0 Å². The predicted octanol–water partition coefficient (Wildman–Crippen LogP) is 2.05. The summed E-state index contributed by atoms with van der Waals surface area (Å²) in [6.45, 7) is 8.21. The summed E-state index contributed by atoms with van der Waals surface area (Å²) in [5.74, 6) is 2.67. The lowest BCUT2D eigenvalue weighted by Gasteiger charge is -2.39. The molecule has 27 heavy (non-hydrogen) atoms. The molecular formula is C19H31Cl2N3O3. The van der Waals surface area contributed by atoms with E-state index in [2.05, 4.69) is 17.1 Å². The summed E-state index contributed by atoms with van der Waals surface area (Å²) in [7, 11) is 3.37. The summed E-state index contributed by atoms with van der Waals surface area (Å²) in [5, 5.41) is 3.25. The van der Waals surface area contributed by atoms with E-state index in [1.54, 1.807) is 14.2 Å². The first-order chi connectivity index (χ1) is 12.1. The highest BCUT2D eigenvalue weighted by Crippen LogP contribution is 2.26. The second-order valence-corrected chi connectivity index (χ2v) is 6.99. The minimum absolute atomic E-state index is 0. The van der Waals surface area contributed by atoms with Crippen LogP contribution in [0.3, 0.4) is 0 Å². The number of carbonyl (C=O) groups is 1. The van der Waals surface area contributed by atoms with E-state index in [1.807, 2.05) is 23.1 Å². The average molecular weight is 420 g/mol. The monoisotopic (exact) mass is 419 g/mol. The standard InChI is InChI=1S/C19H29N3O3.2ClH/c1-14(16-11-20-12-16)19(23)22-8-6-21(7-9-22)13-15-10-17(24-2)4-5-18(15)25-3;;/h4-5,10,14,16,20H,6-9,11-13H2,1-3H3;2*1H. The Morgan fingerprint density at radius 2 is 1.81 bits per heavy atom. The van der Waals surface area contributed by atoms with Crippen LogP contribution in [0.1, 0.15) is 12.5 Å². The molecule has 1 aromatic carbocycles. The van der Waals surface area contributed by atoms with Gasteiger partial charge in [0.1, 0.15) is 11.5 Å². The largest absolute Gasteiger partial charge is 0.497 e. The molecule has 0 saturated carbocycles. The fourth-order valence-corrected chi connectivity index (χ4v) is 3.53. The van der Waals surface area contributed by atoms with Crippen molar-refractivity contribution in [2.45, 2.75) is 13.5 Å². The van der Waals surface area contributed by atoms with Crippen molar-refractivity contribution in [2.75, 3.05) is 53.5 Å². The van der Waals surface area contributed by atoms with Crippen molar-refractivity contribution in [1.29, 1.82) is 0 Å². The maximum Gasteiger partial charge on any atom is 0.225 e. The third-order valence-electron chi connectivity index (χ3n) is 5.48. The fourth-order valence-electron chi connectivity index (χ4n) is 3.53. The highest BCUT2D eigenvalue weighted by atomic mass is 35.5. The normalized spacial score (nSPS) is 18.6. The van der Waals surface area contributed by atoms with Crippen LogP contribution in [-0.4, -0.2) is 69.2 Å². The van der Waals surface area contributed by atoms with E-state index in [-0.39, 0.29) is 30.7 Å². The Morgan fingerprint density at radius 3 is 2.33 bits per heavy atom. The van der Waals surface area contributed by atoms with Crippen molar-refractivity contribution in [3.63, 3.8) is 0 Å². The maximum absolute atomic E-state index is 12.6. The molecule has 2 aliphatic heterocycles. The molecule has 1 aromatic rings. The van der Waals surface area contributed by atoms with E-state index in [1.165, 1.54) is 0 Å². The zero-order valence-electron chi connectivity index (χ0n) is 16.3. The van der Waals surface area contributed by atoms with Gasteiger partial charge >= 0.3 is 0 Å². The zero-order chi connectivity index (χ0) is 17.8. The van der Waals surface area contributed by atoms with Gasteiger partial charge in [-0.25, -0.2) is 0 Å². The summed E-state index contributed by atoms with van der Waals surface area (Å²) in [4.78, 5) is 17.0. The molecule has 1 atom stereocenters. The number of halogens is 2. The first-order valence-electron chi connectivity index (χ1n) is 9.05. The highest BCUT2D eigenvalue weighted by Gasteiger charge is 2.32. The number of nitrogens with zero attached hydrogens (tertiary/aromatic N) is 2. The number of carbonyl (C=O) groups excluding carboxylic acids is 1. The van der Waals surface area contributed by atoms with Crippen molar-refractivity contribution >= 4 is 30.7 Å². The van der Waals surface area contributed by atoms with Crippen LogP contribution >= 0.6 is 24.8 Å². The molecule has 154 valence electrons. The van der Waals surface area contributed by atoms with E-state index in [0.717, 1.165) is 62.9 Å². The molecule has 0 bridgehead atoms. The third-order valence-corrected chi connectivity index (χ3v) is 5.48. The number of methoxy groups -OCH3 is 2. The Bertz CT molecular complexity index is 606. The van der Waals surface area contributed by atoms with Gasteiger partial charge in [-0.1, -0.05) is 6.92 Å². The lowest BCUT2D eigenvalue weighted by Crippen LogP contribution is -2.54. The molecule has 2 saturated heterocycles. The number of ether oxygens (including phenoxy) is 2. The van der Waals surface area contributed by atoms with E-state index in [9.17, 15) is 4.79 Å². The second kappa shape index (κ2) is 11.0. The number of hydrogen-bond acceptors (Lipinski definition) is 5. The van der Waals surface area contributed by atoms with Gasteiger partial charge in [0.15, 0.2) is 0 Å². The van der Waals surface area contributed by atoms with Crippen molar-refractivity contribution in [2.24, 2.45) is 11.8 Å². The number of piperazine rings is 1. The molecule has 3 rings (SSSR count). The SMILES string of the molecule is COc1ccc(OC)c(CN2CCN(C(=O)C(C)C3CNC3)CC2)c1.Cl.Cl. The van der Waals surface area contributed by atoms with Gasteiger partial charge in [-0.05, 0) is 37.2 Å². The molecule has 0 spiro atoms. The number of rotatable bonds is 6. The lowest BCUT2D eigenvalue weighted by molar-refractivity contribution is -0.139. The predicted molar refractivity (Wildman–Crippen MR) is 111 cm³/mol.